The smallest absolute Gasteiger partial charge is 0.171 e. The van der Waals surface area contributed by atoms with Gasteiger partial charge in [0.05, 0.1) is 6.42 Å². The van der Waals surface area contributed by atoms with Crippen LogP contribution in [0.25, 0.3) is 0 Å². The van der Waals surface area contributed by atoms with E-state index in [1.54, 1.807) is 0 Å². The van der Waals surface area contributed by atoms with Crippen molar-refractivity contribution in [1.82, 2.24) is 0 Å². The molecule has 0 spiro atoms. The zero-order chi connectivity index (χ0) is 10.5. The van der Waals surface area contributed by atoms with Gasteiger partial charge >= 0.3 is 6.18 Å². The Morgan fingerprint density at radius 3 is 2.08 bits per heavy atom. The maximum absolute atomic E-state index is 11.8. The first-order chi connectivity index (χ1) is 5.81. The first-order valence-electron chi connectivity index (χ1n) is 4.19. The summed E-state index contributed by atoms with van der Waals surface area (Å²) in [5.41, 5.74) is 1.26. The molecule has 3 heteroatoms. The van der Waals surface area contributed by atoms with Crippen LogP contribution in [0, 0.1) is 0 Å². The number of allylic oxidation sites excluding steroid dienone is 2. The highest BCUT2D eigenvalue weighted by atomic mass is 19.4. The summed E-state index contributed by atoms with van der Waals surface area (Å²) in [4.78, 5) is 0. The third-order valence-electron chi connectivity index (χ3n) is 1.58. The molecule has 13 heavy (non-hydrogen) atoms. The van der Waals surface area contributed by atoms with E-state index in [1.807, 2.05) is 6.92 Å². The first kappa shape index (κ1) is 12.3. The fraction of sp³-hybridized carbons (Fsp3) is 0.600. The Morgan fingerprint density at radius 2 is 1.69 bits per heavy atom. The molecule has 0 aromatic rings. The molecule has 0 aromatic carbocycles. The van der Waals surface area contributed by atoms with Gasteiger partial charge in [0.1, 0.15) is 0 Å². The topological polar surface area (TPSA) is 0 Å². The van der Waals surface area contributed by atoms with Crippen LogP contribution in [0.2, 0.25) is 0 Å². The van der Waals surface area contributed by atoms with Gasteiger partial charge in [0.15, 0.2) is 0 Å². The Hall–Kier alpha value is -0.730. The van der Waals surface area contributed by atoms with E-state index in [0.717, 1.165) is 12.0 Å². The van der Waals surface area contributed by atoms with Gasteiger partial charge in [-0.05, 0) is 26.2 Å². The Kier molecular flexibility index (Phi) is 4.81. The molecule has 0 aliphatic rings. The molecule has 0 aliphatic heterocycles. The molecule has 76 valence electrons. The first-order valence-corrected chi connectivity index (χ1v) is 4.19. The van der Waals surface area contributed by atoms with Crippen LogP contribution in [-0.2, 0) is 0 Å². The van der Waals surface area contributed by atoms with Gasteiger partial charge in [-0.1, -0.05) is 17.7 Å². The minimum absolute atomic E-state index is 0.258. The van der Waals surface area contributed by atoms with Crippen molar-refractivity contribution in [1.29, 1.82) is 0 Å². The Labute approximate surface area is 77.1 Å². The predicted molar refractivity (Wildman–Crippen MR) is 48.5 cm³/mol. The van der Waals surface area contributed by atoms with Gasteiger partial charge in [-0.25, -0.2) is 0 Å². The second kappa shape index (κ2) is 5.10. The van der Waals surface area contributed by atoms with E-state index in [0.29, 0.717) is 12.8 Å². The summed E-state index contributed by atoms with van der Waals surface area (Å²) in [5, 5.41) is 0. The fourth-order valence-electron chi connectivity index (χ4n) is 1.01. The summed E-state index contributed by atoms with van der Waals surface area (Å²) in [6.45, 7) is 8.93. The largest absolute Gasteiger partial charge is 0.392 e. The molecule has 0 heterocycles. The van der Waals surface area contributed by atoms with E-state index in [9.17, 15) is 13.2 Å². The van der Waals surface area contributed by atoms with Gasteiger partial charge in [-0.15, -0.1) is 6.58 Å². The fourth-order valence-corrected chi connectivity index (χ4v) is 1.01. The van der Waals surface area contributed by atoms with Crippen LogP contribution in [0.1, 0.15) is 32.6 Å². The highest BCUT2D eigenvalue weighted by Crippen LogP contribution is 2.26. The lowest BCUT2D eigenvalue weighted by Gasteiger charge is -2.08. The van der Waals surface area contributed by atoms with Crippen molar-refractivity contribution in [2.75, 3.05) is 0 Å². The molecule has 0 aliphatic carbocycles. The standard InChI is InChI=1S/C10H15F3/c1-8(2)5-4-6-9(3)7-10(11,12)13/h1,3-7H2,2H3. The lowest BCUT2D eigenvalue weighted by Crippen LogP contribution is -2.07. The molecule has 0 aromatic heterocycles. The summed E-state index contributed by atoms with van der Waals surface area (Å²) in [5.74, 6) is 0. The quantitative estimate of drug-likeness (QED) is 0.571. The lowest BCUT2D eigenvalue weighted by atomic mass is 10.0. The number of halogens is 3. The van der Waals surface area contributed by atoms with Gasteiger partial charge in [0.25, 0.3) is 0 Å². The Bertz CT molecular complexity index is 189. The van der Waals surface area contributed by atoms with E-state index < -0.39 is 12.6 Å². The monoisotopic (exact) mass is 192 g/mol. The average molecular weight is 192 g/mol. The summed E-state index contributed by atoms with van der Waals surface area (Å²) in [6, 6.07) is 0. The minimum atomic E-state index is -4.11. The molecule has 0 nitrogen and oxygen atoms in total. The molecule has 0 N–H and O–H groups in total. The SMILES string of the molecule is C=C(C)CCCC(=C)CC(F)(F)F. The number of rotatable bonds is 5. The van der Waals surface area contributed by atoms with Crippen molar-refractivity contribution < 1.29 is 13.2 Å². The zero-order valence-corrected chi connectivity index (χ0v) is 7.88. The molecule has 0 atom stereocenters. The number of alkyl halides is 3. The summed E-state index contributed by atoms with van der Waals surface area (Å²) in [7, 11) is 0. The molecule has 0 bridgehead atoms. The highest BCUT2D eigenvalue weighted by Gasteiger charge is 2.27. The van der Waals surface area contributed by atoms with Crippen molar-refractivity contribution in [2.24, 2.45) is 0 Å². The number of hydrogen-bond donors (Lipinski definition) is 0. The lowest BCUT2D eigenvalue weighted by molar-refractivity contribution is -0.127. The second-order valence-corrected chi connectivity index (χ2v) is 3.35. The van der Waals surface area contributed by atoms with Gasteiger partial charge < -0.3 is 0 Å². The van der Waals surface area contributed by atoms with Gasteiger partial charge in [0, 0.05) is 0 Å². The van der Waals surface area contributed by atoms with Crippen LogP contribution in [0.3, 0.4) is 0 Å². The van der Waals surface area contributed by atoms with Crippen LogP contribution in [0.5, 0.6) is 0 Å². The molecule has 0 saturated heterocycles. The average Bonchev–Trinajstić information content (AvgIpc) is 1.81. The third kappa shape index (κ3) is 9.18. The van der Waals surface area contributed by atoms with Gasteiger partial charge in [0.2, 0.25) is 0 Å². The summed E-state index contributed by atoms with van der Waals surface area (Å²) in [6.07, 6.45) is -3.04. The molecular weight excluding hydrogens is 177 g/mol. The van der Waals surface area contributed by atoms with E-state index in [4.69, 9.17) is 0 Å². The molecular formula is C10H15F3. The second-order valence-electron chi connectivity index (χ2n) is 3.35. The van der Waals surface area contributed by atoms with Crippen LogP contribution in [0.15, 0.2) is 24.3 Å². The minimum Gasteiger partial charge on any atom is -0.171 e. The number of hydrogen-bond acceptors (Lipinski definition) is 0. The van der Waals surface area contributed by atoms with Crippen molar-refractivity contribution in [2.45, 2.75) is 38.8 Å². The van der Waals surface area contributed by atoms with Crippen LogP contribution in [0.4, 0.5) is 13.2 Å². The Morgan fingerprint density at radius 1 is 1.15 bits per heavy atom. The van der Waals surface area contributed by atoms with Gasteiger partial charge in [-0.2, -0.15) is 13.2 Å². The zero-order valence-electron chi connectivity index (χ0n) is 7.88. The Balaban J connectivity index is 3.59. The maximum atomic E-state index is 11.8. The maximum Gasteiger partial charge on any atom is 0.392 e. The van der Waals surface area contributed by atoms with Crippen molar-refractivity contribution in [3.05, 3.63) is 24.3 Å². The van der Waals surface area contributed by atoms with E-state index >= 15 is 0 Å². The molecule has 0 fully saturated rings. The van der Waals surface area contributed by atoms with Crippen LogP contribution < -0.4 is 0 Å². The molecule has 0 amide bonds. The summed E-state index contributed by atoms with van der Waals surface area (Å²) < 4.78 is 35.4. The van der Waals surface area contributed by atoms with E-state index in [2.05, 4.69) is 13.2 Å². The predicted octanol–water partition coefficient (Wildman–Crippen LogP) is 4.24. The molecule has 0 saturated carbocycles. The molecule has 0 unspecified atom stereocenters. The van der Waals surface area contributed by atoms with Crippen LogP contribution in [-0.4, -0.2) is 6.18 Å². The van der Waals surface area contributed by atoms with Gasteiger partial charge in [-0.3, -0.25) is 0 Å². The van der Waals surface area contributed by atoms with E-state index in [1.165, 1.54) is 0 Å². The highest BCUT2D eigenvalue weighted by molar-refractivity contribution is 4.98. The summed E-state index contributed by atoms with van der Waals surface area (Å²) >= 11 is 0. The molecule has 0 radical (unpaired) electrons. The normalized spacial score (nSPS) is 11.4. The molecule has 0 rings (SSSR count). The van der Waals surface area contributed by atoms with Crippen molar-refractivity contribution in [3.8, 4) is 0 Å². The van der Waals surface area contributed by atoms with Crippen molar-refractivity contribution in [3.63, 3.8) is 0 Å². The van der Waals surface area contributed by atoms with Crippen LogP contribution >= 0.6 is 0 Å². The third-order valence-corrected chi connectivity index (χ3v) is 1.58. The van der Waals surface area contributed by atoms with Crippen molar-refractivity contribution >= 4 is 0 Å². The van der Waals surface area contributed by atoms with E-state index in [-0.39, 0.29) is 5.57 Å².